The van der Waals surface area contributed by atoms with Crippen LogP contribution in [-0.2, 0) is 4.74 Å². The van der Waals surface area contributed by atoms with Crippen LogP contribution < -0.4 is 0 Å². The summed E-state index contributed by atoms with van der Waals surface area (Å²) in [5, 5.41) is 0. The third-order valence-electron chi connectivity index (χ3n) is 3.15. The molecule has 0 bridgehead atoms. The second kappa shape index (κ2) is 2.84. The highest BCUT2D eigenvalue weighted by atomic mass is 19.3. The van der Waals surface area contributed by atoms with Gasteiger partial charge in [0.05, 0.1) is 12.0 Å². The Hall–Kier alpha value is -0.800. The van der Waals surface area contributed by atoms with Gasteiger partial charge >= 0.3 is 0 Å². The van der Waals surface area contributed by atoms with E-state index in [4.69, 9.17) is 4.74 Å². The summed E-state index contributed by atoms with van der Waals surface area (Å²) in [7, 11) is 1.84. The monoisotopic (exact) mass is 203 g/mol. The molecule has 1 spiro atoms. The van der Waals surface area contributed by atoms with E-state index in [-0.39, 0.29) is 6.42 Å². The summed E-state index contributed by atoms with van der Waals surface area (Å²) in [6.45, 7) is 2.92. The highest BCUT2D eigenvalue weighted by Gasteiger charge is 2.73. The zero-order chi connectivity index (χ0) is 10.4. The Kier molecular flexibility index (Phi) is 1.98. The van der Waals surface area contributed by atoms with E-state index in [9.17, 15) is 8.78 Å². The average Bonchev–Trinajstić information content (AvgIpc) is 2.46. The molecule has 0 unspecified atom stereocenters. The van der Waals surface area contributed by atoms with E-state index in [2.05, 4.69) is 0 Å². The predicted molar refractivity (Wildman–Crippen MR) is 49.0 cm³/mol. The first-order chi connectivity index (χ1) is 6.51. The van der Waals surface area contributed by atoms with E-state index in [1.165, 1.54) is 0 Å². The molecule has 2 rings (SSSR count). The number of hydrogen-bond donors (Lipinski definition) is 0. The van der Waals surface area contributed by atoms with Gasteiger partial charge in [0.1, 0.15) is 6.26 Å². The SMILES string of the molecule is CCO/C=C1\C[C@@]2(CN1C)CC2(F)F. The molecule has 14 heavy (non-hydrogen) atoms. The van der Waals surface area contributed by atoms with Crippen LogP contribution in [0, 0.1) is 5.41 Å². The van der Waals surface area contributed by atoms with Crippen LogP contribution in [0.3, 0.4) is 0 Å². The van der Waals surface area contributed by atoms with E-state index in [1.807, 2.05) is 18.9 Å². The smallest absolute Gasteiger partial charge is 0.256 e. The van der Waals surface area contributed by atoms with Crippen molar-refractivity contribution in [3.8, 4) is 0 Å². The van der Waals surface area contributed by atoms with Gasteiger partial charge in [0.15, 0.2) is 0 Å². The lowest BCUT2D eigenvalue weighted by Gasteiger charge is -2.12. The highest BCUT2D eigenvalue weighted by Crippen LogP contribution is 2.66. The summed E-state index contributed by atoms with van der Waals surface area (Å²) in [4.78, 5) is 1.87. The maximum Gasteiger partial charge on any atom is 0.256 e. The number of nitrogens with zero attached hydrogens (tertiary/aromatic N) is 1. The number of likely N-dealkylation sites (tertiary alicyclic amines) is 1. The van der Waals surface area contributed by atoms with Crippen molar-refractivity contribution in [1.29, 1.82) is 0 Å². The molecule has 0 N–H and O–H groups in total. The minimum Gasteiger partial charge on any atom is -0.500 e. The topological polar surface area (TPSA) is 12.5 Å². The van der Waals surface area contributed by atoms with Gasteiger partial charge in [-0.3, -0.25) is 0 Å². The molecule has 1 saturated heterocycles. The predicted octanol–water partition coefficient (Wildman–Crippen LogP) is 2.23. The van der Waals surface area contributed by atoms with Gasteiger partial charge in [0.25, 0.3) is 5.92 Å². The zero-order valence-electron chi connectivity index (χ0n) is 8.52. The van der Waals surface area contributed by atoms with Crippen molar-refractivity contribution in [2.45, 2.75) is 25.7 Å². The number of ether oxygens (including phenoxy) is 1. The molecule has 0 aromatic heterocycles. The van der Waals surface area contributed by atoms with Crippen LogP contribution >= 0.6 is 0 Å². The van der Waals surface area contributed by atoms with Gasteiger partial charge in [-0.15, -0.1) is 0 Å². The minimum atomic E-state index is -2.46. The standard InChI is InChI=1S/C10H15F2NO/c1-3-14-5-8-4-9(7-13(8)2)6-10(9,11)12/h5H,3-4,6-7H2,1-2H3/b8-5+/t9-/m0/s1. The Balaban J connectivity index is 2.05. The molecule has 1 aliphatic carbocycles. The van der Waals surface area contributed by atoms with E-state index in [0.29, 0.717) is 19.6 Å². The first-order valence-electron chi connectivity index (χ1n) is 4.90. The van der Waals surface area contributed by atoms with Gasteiger partial charge in [-0.25, -0.2) is 8.78 Å². The number of allylic oxidation sites excluding steroid dienone is 1. The van der Waals surface area contributed by atoms with Crippen molar-refractivity contribution >= 4 is 0 Å². The van der Waals surface area contributed by atoms with Crippen molar-refractivity contribution in [1.82, 2.24) is 4.90 Å². The summed E-state index contributed by atoms with van der Waals surface area (Å²) in [6.07, 6.45) is 2.10. The van der Waals surface area contributed by atoms with E-state index >= 15 is 0 Å². The molecule has 0 aromatic rings. The Morgan fingerprint density at radius 2 is 2.21 bits per heavy atom. The lowest BCUT2D eigenvalue weighted by Crippen LogP contribution is -2.17. The Morgan fingerprint density at radius 1 is 1.57 bits per heavy atom. The van der Waals surface area contributed by atoms with Crippen LogP contribution in [0.4, 0.5) is 8.78 Å². The number of alkyl halides is 2. The first-order valence-corrected chi connectivity index (χ1v) is 4.90. The van der Waals surface area contributed by atoms with Crippen LogP contribution in [0.5, 0.6) is 0 Å². The van der Waals surface area contributed by atoms with Crippen LogP contribution in [0.2, 0.25) is 0 Å². The summed E-state index contributed by atoms with van der Waals surface area (Å²) >= 11 is 0. The van der Waals surface area contributed by atoms with Gasteiger partial charge in [-0.2, -0.15) is 0 Å². The highest BCUT2D eigenvalue weighted by molar-refractivity contribution is 5.23. The lowest BCUT2D eigenvalue weighted by atomic mass is 10.1. The summed E-state index contributed by atoms with van der Waals surface area (Å²) < 4.78 is 31.3. The third-order valence-corrected chi connectivity index (χ3v) is 3.15. The van der Waals surface area contributed by atoms with E-state index in [0.717, 1.165) is 5.70 Å². The van der Waals surface area contributed by atoms with Gasteiger partial charge in [0, 0.05) is 32.1 Å². The largest absolute Gasteiger partial charge is 0.500 e. The molecule has 0 amide bonds. The molecule has 0 radical (unpaired) electrons. The Bertz CT molecular complexity index is 277. The molecular formula is C10H15F2NO. The fourth-order valence-electron chi connectivity index (χ4n) is 2.15. The van der Waals surface area contributed by atoms with Crippen molar-refractivity contribution < 1.29 is 13.5 Å². The normalized spacial score (nSPS) is 36.9. The molecule has 4 heteroatoms. The number of hydrogen-bond acceptors (Lipinski definition) is 2. The molecule has 0 aromatic carbocycles. The van der Waals surface area contributed by atoms with Crippen molar-refractivity contribution in [2.24, 2.45) is 5.41 Å². The third kappa shape index (κ3) is 1.28. The fraction of sp³-hybridized carbons (Fsp3) is 0.800. The second-order valence-electron chi connectivity index (χ2n) is 4.26. The van der Waals surface area contributed by atoms with Crippen molar-refractivity contribution in [3.63, 3.8) is 0 Å². The molecule has 1 saturated carbocycles. The summed E-state index contributed by atoms with van der Waals surface area (Å²) in [5.74, 6) is -2.46. The molecule has 1 heterocycles. The maximum absolute atomic E-state index is 13.1. The second-order valence-corrected chi connectivity index (χ2v) is 4.26. The Labute approximate surface area is 82.5 Å². The van der Waals surface area contributed by atoms with Gasteiger partial charge in [-0.1, -0.05) is 0 Å². The van der Waals surface area contributed by atoms with Crippen LogP contribution in [0.15, 0.2) is 12.0 Å². The Morgan fingerprint density at radius 3 is 2.64 bits per heavy atom. The average molecular weight is 203 g/mol. The summed E-state index contributed by atoms with van der Waals surface area (Å²) in [6, 6.07) is 0. The van der Waals surface area contributed by atoms with Crippen molar-refractivity contribution in [2.75, 3.05) is 20.2 Å². The van der Waals surface area contributed by atoms with Crippen LogP contribution in [0.1, 0.15) is 19.8 Å². The zero-order valence-corrected chi connectivity index (χ0v) is 8.52. The lowest BCUT2D eigenvalue weighted by molar-refractivity contribution is 0.0673. The molecule has 2 aliphatic rings. The summed E-state index contributed by atoms with van der Waals surface area (Å²) in [5.41, 5.74) is 0.119. The van der Waals surface area contributed by atoms with E-state index in [1.54, 1.807) is 6.26 Å². The van der Waals surface area contributed by atoms with Crippen LogP contribution in [0.25, 0.3) is 0 Å². The molecule has 2 fully saturated rings. The van der Waals surface area contributed by atoms with Crippen LogP contribution in [-0.4, -0.2) is 31.0 Å². The quantitative estimate of drug-likeness (QED) is 0.638. The van der Waals surface area contributed by atoms with E-state index < -0.39 is 11.3 Å². The van der Waals surface area contributed by atoms with Gasteiger partial charge in [-0.05, 0) is 6.92 Å². The van der Waals surface area contributed by atoms with Crippen molar-refractivity contribution in [3.05, 3.63) is 12.0 Å². The van der Waals surface area contributed by atoms with Gasteiger partial charge in [0.2, 0.25) is 0 Å². The first kappa shape index (κ1) is 9.74. The fourth-order valence-corrected chi connectivity index (χ4v) is 2.15. The minimum absolute atomic E-state index is 0.0355. The van der Waals surface area contributed by atoms with Gasteiger partial charge < -0.3 is 9.64 Å². The number of rotatable bonds is 2. The molecular weight excluding hydrogens is 188 g/mol. The molecule has 1 aliphatic heterocycles. The molecule has 1 atom stereocenters. The number of halogens is 2. The maximum atomic E-state index is 13.1. The molecule has 2 nitrogen and oxygen atoms in total. The molecule has 80 valence electrons.